The maximum absolute atomic E-state index is 11.5. The molecular formula is C13H17ClN2O4. The molecule has 6 nitrogen and oxygen atoms in total. The highest BCUT2D eigenvalue weighted by Crippen LogP contribution is 2.33. The topological polar surface area (TPSA) is 92.5 Å². The van der Waals surface area contributed by atoms with Crippen molar-refractivity contribution in [3.05, 3.63) is 32.8 Å². The number of nitrogens with zero attached hydrogens (tertiary/aromatic N) is 1. The van der Waals surface area contributed by atoms with Gasteiger partial charge in [0.1, 0.15) is 10.6 Å². The fraction of sp³-hybridized carbons (Fsp3) is 0.462. The van der Waals surface area contributed by atoms with Crippen molar-refractivity contribution in [3.63, 3.8) is 0 Å². The molecule has 0 bridgehead atoms. The second kappa shape index (κ2) is 6.09. The van der Waals surface area contributed by atoms with Gasteiger partial charge in [0.15, 0.2) is 0 Å². The van der Waals surface area contributed by atoms with Crippen LogP contribution in [0.5, 0.6) is 0 Å². The van der Waals surface area contributed by atoms with Gasteiger partial charge < -0.3 is 10.4 Å². The summed E-state index contributed by atoms with van der Waals surface area (Å²) in [5, 5.41) is 23.1. The summed E-state index contributed by atoms with van der Waals surface area (Å²) in [6.45, 7) is 5.21. The molecule has 0 unspecified atom stereocenters. The van der Waals surface area contributed by atoms with E-state index in [2.05, 4.69) is 5.32 Å². The van der Waals surface area contributed by atoms with E-state index in [9.17, 15) is 20.0 Å². The molecule has 110 valence electrons. The number of halogens is 1. The third-order valence-electron chi connectivity index (χ3n) is 3.48. The van der Waals surface area contributed by atoms with E-state index in [1.165, 1.54) is 12.1 Å². The Bertz CT molecular complexity index is 541. The van der Waals surface area contributed by atoms with Gasteiger partial charge in [-0.25, -0.2) is 4.79 Å². The molecule has 0 aromatic heterocycles. The molecule has 20 heavy (non-hydrogen) atoms. The van der Waals surface area contributed by atoms with E-state index in [-0.39, 0.29) is 10.7 Å². The largest absolute Gasteiger partial charge is 0.480 e. The molecule has 0 atom stereocenters. The molecule has 1 aromatic rings. The number of nitro benzene ring substituents is 1. The molecule has 7 heteroatoms. The number of benzene rings is 1. The molecular weight excluding hydrogens is 284 g/mol. The van der Waals surface area contributed by atoms with Crippen LogP contribution in [0.15, 0.2) is 12.1 Å². The third-order valence-corrected chi connectivity index (χ3v) is 3.78. The van der Waals surface area contributed by atoms with Crippen LogP contribution in [-0.4, -0.2) is 21.5 Å². The predicted molar refractivity (Wildman–Crippen MR) is 77.4 cm³/mol. The van der Waals surface area contributed by atoms with Gasteiger partial charge >= 0.3 is 5.97 Å². The second-order valence-electron chi connectivity index (χ2n) is 4.60. The summed E-state index contributed by atoms with van der Waals surface area (Å²) >= 11 is 5.86. The minimum absolute atomic E-state index is 0.0189. The van der Waals surface area contributed by atoms with Crippen molar-refractivity contribution in [1.29, 1.82) is 0 Å². The van der Waals surface area contributed by atoms with Crippen molar-refractivity contribution < 1.29 is 14.8 Å². The van der Waals surface area contributed by atoms with Crippen LogP contribution in [0.1, 0.15) is 32.3 Å². The monoisotopic (exact) mass is 300 g/mol. The standard InChI is InChI=1S/C13H17ClN2O4/c1-4-13(5-2,12(17)18)15-10-7-9(14)11(16(19)20)6-8(10)3/h6-7,15H,4-5H2,1-3H3,(H,17,18). The predicted octanol–water partition coefficient (Wildman–Crippen LogP) is 3.61. The molecule has 0 saturated carbocycles. The SMILES string of the molecule is CCC(CC)(Nc1cc(Cl)c([N+](=O)[O-])cc1C)C(=O)O. The molecule has 1 aromatic carbocycles. The third kappa shape index (κ3) is 3.01. The van der Waals surface area contributed by atoms with Crippen LogP contribution in [0.3, 0.4) is 0 Å². The van der Waals surface area contributed by atoms with Crippen molar-refractivity contribution in [2.75, 3.05) is 5.32 Å². The van der Waals surface area contributed by atoms with Gasteiger partial charge in [-0.05, 0) is 31.4 Å². The van der Waals surface area contributed by atoms with Gasteiger partial charge in [0.25, 0.3) is 5.69 Å². The molecule has 0 fully saturated rings. The first-order valence-corrected chi connectivity index (χ1v) is 6.61. The quantitative estimate of drug-likeness (QED) is 0.618. The Morgan fingerprint density at radius 2 is 2.00 bits per heavy atom. The van der Waals surface area contributed by atoms with Gasteiger partial charge in [-0.2, -0.15) is 0 Å². The van der Waals surface area contributed by atoms with Crippen molar-refractivity contribution in [2.45, 2.75) is 39.2 Å². The lowest BCUT2D eigenvalue weighted by atomic mass is 9.92. The lowest BCUT2D eigenvalue weighted by Crippen LogP contribution is -2.45. The van der Waals surface area contributed by atoms with Crippen molar-refractivity contribution in [2.24, 2.45) is 0 Å². The van der Waals surface area contributed by atoms with E-state index in [1.807, 2.05) is 0 Å². The van der Waals surface area contributed by atoms with Crippen LogP contribution in [-0.2, 0) is 4.79 Å². The maximum Gasteiger partial charge on any atom is 0.329 e. The van der Waals surface area contributed by atoms with Gasteiger partial charge in [0, 0.05) is 11.8 Å². The van der Waals surface area contributed by atoms with Gasteiger partial charge in [-0.1, -0.05) is 25.4 Å². The van der Waals surface area contributed by atoms with E-state index >= 15 is 0 Å². The van der Waals surface area contributed by atoms with E-state index in [0.717, 1.165) is 0 Å². The van der Waals surface area contributed by atoms with Gasteiger partial charge in [0.05, 0.1) is 4.92 Å². The number of anilines is 1. The Morgan fingerprint density at radius 1 is 1.45 bits per heavy atom. The van der Waals surface area contributed by atoms with Crippen LogP contribution < -0.4 is 5.32 Å². The normalized spacial score (nSPS) is 11.2. The van der Waals surface area contributed by atoms with Crippen molar-refractivity contribution in [1.82, 2.24) is 0 Å². The van der Waals surface area contributed by atoms with Crippen LogP contribution >= 0.6 is 11.6 Å². The summed E-state index contributed by atoms with van der Waals surface area (Å²) < 4.78 is 0. The number of carboxylic acids is 1. The van der Waals surface area contributed by atoms with Crippen LogP contribution in [0.25, 0.3) is 0 Å². The van der Waals surface area contributed by atoms with Crippen molar-refractivity contribution >= 4 is 28.9 Å². The Kier molecular flexibility index (Phi) is 4.94. The Hall–Kier alpha value is -1.82. The Morgan fingerprint density at radius 3 is 2.40 bits per heavy atom. The maximum atomic E-state index is 11.5. The lowest BCUT2D eigenvalue weighted by molar-refractivity contribution is -0.384. The van der Waals surface area contributed by atoms with Crippen LogP contribution in [0.2, 0.25) is 5.02 Å². The molecule has 0 aliphatic carbocycles. The number of aryl methyl sites for hydroxylation is 1. The number of nitro groups is 1. The number of rotatable bonds is 6. The van der Waals surface area contributed by atoms with Gasteiger partial charge in [-0.15, -0.1) is 0 Å². The first-order chi connectivity index (χ1) is 9.27. The van der Waals surface area contributed by atoms with E-state index in [0.29, 0.717) is 24.1 Å². The first-order valence-electron chi connectivity index (χ1n) is 6.23. The molecule has 0 saturated heterocycles. The minimum atomic E-state index is -1.11. The lowest BCUT2D eigenvalue weighted by Gasteiger charge is -2.30. The van der Waals surface area contributed by atoms with Crippen molar-refractivity contribution in [3.8, 4) is 0 Å². The number of nitrogens with one attached hydrogen (secondary N) is 1. The fourth-order valence-electron chi connectivity index (χ4n) is 1.98. The molecule has 1 rings (SSSR count). The highest BCUT2D eigenvalue weighted by atomic mass is 35.5. The number of hydrogen-bond acceptors (Lipinski definition) is 4. The highest BCUT2D eigenvalue weighted by molar-refractivity contribution is 6.33. The fourth-order valence-corrected chi connectivity index (χ4v) is 2.21. The van der Waals surface area contributed by atoms with Gasteiger partial charge in [-0.3, -0.25) is 10.1 Å². The van der Waals surface area contributed by atoms with Gasteiger partial charge in [0.2, 0.25) is 0 Å². The average Bonchev–Trinajstić information content (AvgIpc) is 2.38. The second-order valence-corrected chi connectivity index (χ2v) is 5.00. The number of aliphatic carboxylic acids is 1. The highest BCUT2D eigenvalue weighted by Gasteiger charge is 2.35. The summed E-state index contributed by atoms with van der Waals surface area (Å²) in [4.78, 5) is 21.7. The zero-order valence-electron chi connectivity index (χ0n) is 11.6. The zero-order chi connectivity index (χ0) is 15.5. The van der Waals surface area contributed by atoms with E-state index in [4.69, 9.17) is 11.6 Å². The summed E-state index contributed by atoms with van der Waals surface area (Å²) in [6.07, 6.45) is 0.764. The molecule has 0 amide bonds. The number of carbonyl (C=O) groups is 1. The Balaban J connectivity index is 3.25. The Labute approximate surface area is 121 Å². The summed E-state index contributed by atoms with van der Waals surface area (Å²) in [6, 6.07) is 2.74. The van der Waals surface area contributed by atoms with Crippen LogP contribution in [0, 0.1) is 17.0 Å². The molecule has 0 aliphatic rings. The first kappa shape index (κ1) is 16.2. The molecule has 2 N–H and O–H groups in total. The molecule has 0 radical (unpaired) electrons. The molecule has 0 spiro atoms. The number of carboxylic acid groups (broad SMARTS) is 1. The molecule has 0 aliphatic heterocycles. The smallest absolute Gasteiger partial charge is 0.329 e. The average molecular weight is 301 g/mol. The van der Waals surface area contributed by atoms with E-state index in [1.54, 1.807) is 20.8 Å². The van der Waals surface area contributed by atoms with Crippen LogP contribution in [0.4, 0.5) is 11.4 Å². The van der Waals surface area contributed by atoms with E-state index < -0.39 is 16.4 Å². The summed E-state index contributed by atoms with van der Waals surface area (Å²) in [5.74, 6) is -0.962. The summed E-state index contributed by atoms with van der Waals surface area (Å²) in [5.41, 5.74) is -0.228. The minimum Gasteiger partial charge on any atom is -0.480 e. The number of hydrogen-bond donors (Lipinski definition) is 2. The summed E-state index contributed by atoms with van der Waals surface area (Å²) in [7, 11) is 0. The zero-order valence-corrected chi connectivity index (χ0v) is 12.3. The molecule has 0 heterocycles.